The van der Waals surface area contributed by atoms with Crippen LogP contribution in [0.15, 0.2) is 82.7 Å². The first-order valence-corrected chi connectivity index (χ1v) is 14.0. The van der Waals surface area contributed by atoms with Crippen LogP contribution in [-0.2, 0) is 21.4 Å². The number of ether oxygens (including phenoxy) is 1. The van der Waals surface area contributed by atoms with Gasteiger partial charge in [-0.1, -0.05) is 50.2 Å². The molecule has 7 nitrogen and oxygen atoms in total. The van der Waals surface area contributed by atoms with E-state index in [2.05, 4.69) is 36.3 Å². The number of amidine groups is 1. The van der Waals surface area contributed by atoms with Crippen LogP contribution in [-0.4, -0.2) is 25.0 Å². The first-order valence-electron chi connectivity index (χ1n) is 11.7. The van der Waals surface area contributed by atoms with Crippen molar-refractivity contribution in [2.24, 2.45) is 4.99 Å². The van der Waals surface area contributed by atoms with E-state index in [1.54, 1.807) is 6.08 Å². The minimum atomic E-state index is -5.51. The average Bonchev–Trinajstić information content (AvgIpc) is 3.22. The molecule has 0 unspecified atom stereocenters. The highest BCUT2D eigenvalue weighted by atomic mass is 32.2. The molecule has 4 rings (SSSR count). The fraction of sp³-hybridized carbons (Fsp3) is 0.185. The van der Waals surface area contributed by atoms with Gasteiger partial charge in [0.2, 0.25) is 0 Å². The second-order valence-corrected chi connectivity index (χ2v) is 11.5. The standard InChI is InChI=1S/C27H24F3N3O4S2/c1-17(2)20-7-13-23(14-8-20)37-16-19-5-3-18(4-6-19)15-24-25(34)32-26(38-24)31-21-9-11-22(12-10-21)33-39(35,36)27(28,29)30/h3-15,17,33H,16H2,1-2H3,(H,31,32,34)/b24-15-. The molecule has 0 aliphatic carbocycles. The number of rotatable bonds is 8. The molecular formula is C27H24F3N3O4S2. The van der Waals surface area contributed by atoms with Gasteiger partial charge in [0.05, 0.1) is 10.6 Å². The maximum atomic E-state index is 12.5. The number of hydrogen-bond acceptors (Lipinski definition) is 6. The molecule has 3 aromatic rings. The van der Waals surface area contributed by atoms with Crippen LogP contribution in [0.25, 0.3) is 6.08 Å². The van der Waals surface area contributed by atoms with Crippen molar-refractivity contribution in [3.63, 3.8) is 0 Å². The van der Waals surface area contributed by atoms with Gasteiger partial charge in [-0.3, -0.25) is 9.52 Å². The topological polar surface area (TPSA) is 96.9 Å². The Balaban J connectivity index is 1.35. The zero-order valence-electron chi connectivity index (χ0n) is 20.8. The van der Waals surface area contributed by atoms with E-state index in [1.165, 1.54) is 22.4 Å². The normalized spacial score (nSPS) is 16.1. The SMILES string of the molecule is CC(C)c1ccc(OCc2ccc(/C=C3\SC(=Nc4ccc(NS(=O)(=O)C(F)(F)F)cc4)NC3=O)cc2)cc1. The Kier molecular flexibility index (Phi) is 8.36. The van der Waals surface area contributed by atoms with E-state index in [0.29, 0.717) is 23.1 Å². The number of aliphatic imine (C=N–C) groups is 1. The van der Waals surface area contributed by atoms with E-state index < -0.39 is 15.5 Å². The summed E-state index contributed by atoms with van der Waals surface area (Å²) in [6.45, 7) is 4.67. The lowest BCUT2D eigenvalue weighted by Gasteiger charge is -2.10. The van der Waals surface area contributed by atoms with Gasteiger partial charge in [0.1, 0.15) is 12.4 Å². The zero-order valence-corrected chi connectivity index (χ0v) is 22.5. The largest absolute Gasteiger partial charge is 0.516 e. The van der Waals surface area contributed by atoms with E-state index in [4.69, 9.17) is 4.74 Å². The molecule has 39 heavy (non-hydrogen) atoms. The number of nitrogens with zero attached hydrogens (tertiary/aromatic N) is 1. The number of sulfonamides is 1. The molecule has 12 heteroatoms. The molecule has 1 saturated heterocycles. The van der Waals surface area contributed by atoms with Crippen LogP contribution in [0.2, 0.25) is 0 Å². The Morgan fingerprint density at radius 3 is 2.23 bits per heavy atom. The van der Waals surface area contributed by atoms with E-state index in [0.717, 1.165) is 40.8 Å². The summed E-state index contributed by atoms with van der Waals surface area (Å²) in [5.74, 6) is 0.897. The third-order valence-corrected chi connectivity index (χ3v) is 7.56. The Morgan fingerprint density at radius 1 is 1.00 bits per heavy atom. The number of hydrogen-bond donors (Lipinski definition) is 2. The highest BCUT2D eigenvalue weighted by Gasteiger charge is 2.46. The zero-order chi connectivity index (χ0) is 28.2. The smallest absolute Gasteiger partial charge is 0.489 e. The van der Waals surface area contributed by atoms with Gasteiger partial charge >= 0.3 is 15.5 Å². The molecule has 0 aromatic heterocycles. The highest BCUT2D eigenvalue weighted by molar-refractivity contribution is 8.18. The van der Waals surface area contributed by atoms with Crippen molar-refractivity contribution in [2.45, 2.75) is 31.9 Å². The van der Waals surface area contributed by atoms with Crippen molar-refractivity contribution in [1.29, 1.82) is 0 Å². The Bertz CT molecular complexity index is 1500. The molecular weight excluding hydrogens is 551 g/mol. The molecule has 1 fully saturated rings. The van der Waals surface area contributed by atoms with Crippen LogP contribution in [0.5, 0.6) is 5.75 Å². The van der Waals surface area contributed by atoms with Gasteiger partial charge in [-0.05, 0) is 76.8 Å². The number of thioether (sulfide) groups is 1. The van der Waals surface area contributed by atoms with Crippen LogP contribution in [0.1, 0.15) is 36.5 Å². The molecule has 1 heterocycles. The van der Waals surface area contributed by atoms with E-state index >= 15 is 0 Å². The predicted molar refractivity (Wildman–Crippen MR) is 147 cm³/mol. The summed E-state index contributed by atoms with van der Waals surface area (Å²) in [6, 6.07) is 20.5. The van der Waals surface area contributed by atoms with Crippen molar-refractivity contribution >= 4 is 50.3 Å². The van der Waals surface area contributed by atoms with Gasteiger partial charge in [0.25, 0.3) is 5.91 Å². The summed E-state index contributed by atoms with van der Waals surface area (Å²) in [5.41, 5.74) is -2.35. The fourth-order valence-electron chi connectivity index (χ4n) is 3.39. The van der Waals surface area contributed by atoms with Gasteiger partial charge < -0.3 is 10.1 Å². The van der Waals surface area contributed by atoms with E-state index in [-0.39, 0.29) is 16.8 Å². The maximum Gasteiger partial charge on any atom is 0.516 e. The van der Waals surface area contributed by atoms with Crippen molar-refractivity contribution in [1.82, 2.24) is 5.32 Å². The Hall–Kier alpha value is -3.77. The van der Waals surface area contributed by atoms with Gasteiger partial charge in [0, 0.05) is 5.69 Å². The molecule has 0 bridgehead atoms. The number of benzene rings is 3. The summed E-state index contributed by atoms with van der Waals surface area (Å²) in [4.78, 5) is 17.1. The molecule has 2 N–H and O–H groups in total. The third-order valence-electron chi connectivity index (χ3n) is 5.54. The number of halogens is 3. The second-order valence-electron chi connectivity index (χ2n) is 8.83. The summed E-state index contributed by atoms with van der Waals surface area (Å²) in [7, 11) is -5.51. The van der Waals surface area contributed by atoms with E-state index in [9.17, 15) is 26.4 Å². The average molecular weight is 576 g/mol. The minimum absolute atomic E-state index is 0.266. The molecule has 0 radical (unpaired) electrons. The lowest BCUT2D eigenvalue weighted by molar-refractivity contribution is -0.115. The summed E-state index contributed by atoms with van der Waals surface area (Å²) in [5, 5.41) is 2.91. The Labute approximate surface area is 228 Å². The Morgan fingerprint density at radius 2 is 1.64 bits per heavy atom. The number of carbonyl (C=O) groups is 1. The van der Waals surface area contributed by atoms with Crippen LogP contribution in [0, 0.1) is 0 Å². The van der Waals surface area contributed by atoms with Crippen molar-refractivity contribution in [2.75, 3.05) is 4.72 Å². The van der Waals surface area contributed by atoms with Crippen molar-refractivity contribution < 1.29 is 31.1 Å². The van der Waals surface area contributed by atoms with Crippen LogP contribution < -0.4 is 14.8 Å². The molecule has 0 saturated carbocycles. The molecule has 0 atom stereocenters. The first-order chi connectivity index (χ1) is 18.4. The lowest BCUT2D eigenvalue weighted by atomic mass is 10.0. The fourth-order valence-corrected chi connectivity index (χ4v) is 4.80. The monoisotopic (exact) mass is 575 g/mol. The minimum Gasteiger partial charge on any atom is -0.489 e. The van der Waals surface area contributed by atoms with Crippen LogP contribution >= 0.6 is 11.8 Å². The van der Waals surface area contributed by atoms with Crippen molar-refractivity contribution in [3.8, 4) is 5.75 Å². The van der Waals surface area contributed by atoms with Crippen LogP contribution in [0.4, 0.5) is 24.5 Å². The number of nitrogens with one attached hydrogen (secondary N) is 2. The molecule has 0 spiro atoms. The number of amides is 1. The summed E-state index contributed by atoms with van der Waals surface area (Å²) < 4.78 is 67.3. The molecule has 1 amide bonds. The lowest BCUT2D eigenvalue weighted by Crippen LogP contribution is -2.29. The predicted octanol–water partition coefficient (Wildman–Crippen LogP) is 6.54. The second kappa shape index (κ2) is 11.5. The molecule has 204 valence electrons. The van der Waals surface area contributed by atoms with Gasteiger partial charge in [-0.2, -0.15) is 21.6 Å². The molecule has 1 aliphatic rings. The summed E-state index contributed by atoms with van der Waals surface area (Å²) >= 11 is 1.11. The van der Waals surface area contributed by atoms with E-state index in [1.807, 2.05) is 36.4 Å². The van der Waals surface area contributed by atoms with Crippen molar-refractivity contribution in [3.05, 3.63) is 94.4 Å². The molecule has 3 aromatic carbocycles. The highest BCUT2D eigenvalue weighted by Crippen LogP contribution is 2.30. The number of alkyl halides is 3. The van der Waals surface area contributed by atoms with Gasteiger partial charge in [-0.25, -0.2) is 4.99 Å². The number of carbonyl (C=O) groups excluding carboxylic acids is 1. The van der Waals surface area contributed by atoms with Gasteiger partial charge in [-0.15, -0.1) is 0 Å². The maximum absolute atomic E-state index is 12.5. The summed E-state index contributed by atoms with van der Waals surface area (Å²) in [6.07, 6.45) is 1.72. The molecule has 1 aliphatic heterocycles. The third kappa shape index (κ3) is 7.42. The first kappa shape index (κ1) is 28.2. The number of anilines is 1. The van der Waals surface area contributed by atoms with Gasteiger partial charge in [0.15, 0.2) is 5.17 Å². The van der Waals surface area contributed by atoms with Crippen LogP contribution in [0.3, 0.4) is 0 Å². The quantitative estimate of drug-likeness (QED) is 0.297.